The number of aliphatic hydroxyl groups excluding tert-OH is 2. The average Bonchev–Trinajstić information content (AvgIpc) is 3.73. The van der Waals surface area contributed by atoms with E-state index in [9.17, 15) is 29.7 Å². The number of nitrogens with zero attached hydrogens (tertiary/aromatic N) is 1. The summed E-state index contributed by atoms with van der Waals surface area (Å²) in [5.74, 6) is 1.66. The van der Waals surface area contributed by atoms with E-state index in [4.69, 9.17) is 9.47 Å². The molecule has 0 saturated heterocycles. The molecule has 56 heavy (non-hydrogen) atoms. The van der Waals surface area contributed by atoms with E-state index < -0.39 is 23.4 Å². The largest absolute Gasteiger partial charge is 0.506 e. The predicted octanol–water partition coefficient (Wildman–Crippen LogP) is 7.78. The summed E-state index contributed by atoms with van der Waals surface area (Å²) in [6.45, 7) is 11.4. The first kappa shape index (κ1) is 40.9. The smallest absolute Gasteiger partial charge is 0.410 e. The van der Waals surface area contributed by atoms with Crippen LogP contribution in [0.4, 0.5) is 10.5 Å². The van der Waals surface area contributed by atoms with Crippen molar-refractivity contribution in [2.24, 2.45) is 17.8 Å². The van der Waals surface area contributed by atoms with Crippen LogP contribution < -0.4 is 15.6 Å². The fourth-order valence-corrected chi connectivity index (χ4v) is 8.65. The number of phenols is 1. The summed E-state index contributed by atoms with van der Waals surface area (Å²) < 4.78 is 11.7. The highest BCUT2D eigenvalue weighted by molar-refractivity contribution is 8.00. The highest BCUT2D eigenvalue weighted by Crippen LogP contribution is 2.48. The number of aromatic hydroxyl groups is 1. The topological polar surface area (TPSA) is 161 Å². The van der Waals surface area contributed by atoms with Gasteiger partial charge in [-0.05, 0) is 130 Å². The first-order valence-electron chi connectivity index (χ1n) is 19.2. The Bertz CT molecular complexity index is 2130. The van der Waals surface area contributed by atoms with Gasteiger partial charge >= 0.3 is 6.09 Å². The first-order chi connectivity index (χ1) is 26.6. The molecule has 1 fully saturated rings. The van der Waals surface area contributed by atoms with Crippen molar-refractivity contribution in [3.8, 4) is 11.5 Å². The number of benzene rings is 3. The van der Waals surface area contributed by atoms with Gasteiger partial charge in [0.1, 0.15) is 17.1 Å². The molecule has 2 aliphatic rings. The number of anilines is 1. The Hall–Kier alpha value is -4.78. The van der Waals surface area contributed by atoms with Crippen molar-refractivity contribution in [3.63, 3.8) is 0 Å². The van der Waals surface area contributed by atoms with Crippen LogP contribution in [0.5, 0.6) is 11.5 Å². The number of aromatic amines is 1. The van der Waals surface area contributed by atoms with E-state index in [1.165, 1.54) is 23.1 Å². The number of phenolic OH excluding ortho intramolecular Hbond substituents is 1. The molecule has 5 unspecified atom stereocenters. The average molecular weight is 784 g/mol. The molecule has 0 spiro atoms. The zero-order valence-corrected chi connectivity index (χ0v) is 33.7. The highest BCUT2D eigenvalue weighted by Gasteiger charge is 2.49. The van der Waals surface area contributed by atoms with E-state index in [0.29, 0.717) is 45.4 Å². The van der Waals surface area contributed by atoms with Crippen molar-refractivity contribution in [3.05, 3.63) is 105 Å². The molecule has 3 aromatic carbocycles. The first-order valence-corrected chi connectivity index (χ1v) is 20.1. The number of ether oxygens (including phenoxy) is 2. The van der Waals surface area contributed by atoms with Crippen LogP contribution >= 0.6 is 11.8 Å². The van der Waals surface area contributed by atoms with Gasteiger partial charge in [0.05, 0.1) is 37.3 Å². The number of hydrogen-bond donors (Lipinski definition) is 5. The molecule has 1 heterocycles. The number of rotatable bonds is 13. The maximum atomic E-state index is 13.5. The van der Waals surface area contributed by atoms with E-state index in [2.05, 4.69) is 35.4 Å². The maximum absolute atomic E-state index is 13.5. The van der Waals surface area contributed by atoms with Crippen LogP contribution in [0.3, 0.4) is 0 Å². The number of aryl methyl sites for hydroxylation is 2. The second-order valence-corrected chi connectivity index (χ2v) is 17.4. The molecule has 2 amide bonds. The van der Waals surface area contributed by atoms with Crippen molar-refractivity contribution in [1.29, 1.82) is 0 Å². The Morgan fingerprint density at radius 3 is 2.43 bits per heavy atom. The van der Waals surface area contributed by atoms with Crippen molar-refractivity contribution < 1.29 is 34.4 Å². The summed E-state index contributed by atoms with van der Waals surface area (Å²) >= 11 is 1.80. The third-order valence-corrected chi connectivity index (χ3v) is 11.8. The molecule has 6 rings (SSSR count). The number of pyridine rings is 1. The number of amides is 2. The number of carbonyl (C=O) groups is 2. The number of hydrogen-bond acceptors (Lipinski definition) is 9. The van der Waals surface area contributed by atoms with Gasteiger partial charge in [0.15, 0.2) is 0 Å². The lowest BCUT2D eigenvalue weighted by Crippen LogP contribution is -2.39. The number of allylic oxidation sites excluding steroid dienone is 1. The summed E-state index contributed by atoms with van der Waals surface area (Å²) in [5.41, 5.74) is 2.58. The number of thioether (sulfide) groups is 1. The number of nitrogens with one attached hydrogen (secondary N) is 2. The van der Waals surface area contributed by atoms with E-state index >= 15 is 0 Å². The van der Waals surface area contributed by atoms with Crippen molar-refractivity contribution in [1.82, 2.24) is 9.88 Å². The minimum atomic E-state index is -1.17. The van der Waals surface area contributed by atoms with E-state index in [-0.39, 0.29) is 49.4 Å². The van der Waals surface area contributed by atoms with E-state index in [0.717, 1.165) is 34.4 Å². The number of fused-ring (bicyclic) bond motifs is 1. The minimum Gasteiger partial charge on any atom is -0.506 e. The number of aliphatic hydroxyl groups is 2. The molecule has 6 atom stereocenters. The third-order valence-electron chi connectivity index (χ3n) is 10.6. The monoisotopic (exact) mass is 783 g/mol. The number of H-pyrrole nitrogens is 1. The second kappa shape index (κ2) is 17.2. The van der Waals surface area contributed by atoms with E-state index in [1.807, 2.05) is 44.2 Å². The molecular weight excluding hydrogens is 731 g/mol. The van der Waals surface area contributed by atoms with Gasteiger partial charge in [-0.15, -0.1) is 11.8 Å². The molecule has 11 nitrogen and oxygen atoms in total. The predicted molar refractivity (Wildman–Crippen MR) is 219 cm³/mol. The van der Waals surface area contributed by atoms with Gasteiger partial charge < -0.3 is 40.0 Å². The molecule has 5 N–H and O–H groups in total. The number of aromatic nitrogens is 1. The maximum Gasteiger partial charge on any atom is 0.410 e. The molecule has 2 aliphatic carbocycles. The van der Waals surface area contributed by atoms with Crippen LogP contribution in [0.2, 0.25) is 0 Å². The van der Waals surface area contributed by atoms with Gasteiger partial charge in [-0.3, -0.25) is 9.59 Å². The van der Waals surface area contributed by atoms with Crippen LogP contribution in [0, 0.1) is 31.6 Å². The molecule has 0 bridgehead atoms. The lowest BCUT2D eigenvalue weighted by atomic mass is 9.90. The van der Waals surface area contributed by atoms with Crippen molar-refractivity contribution in [2.45, 2.75) is 95.3 Å². The third kappa shape index (κ3) is 10.1. The van der Waals surface area contributed by atoms with Gasteiger partial charge in [-0.1, -0.05) is 31.2 Å². The van der Waals surface area contributed by atoms with Gasteiger partial charge in [-0.25, -0.2) is 4.79 Å². The summed E-state index contributed by atoms with van der Waals surface area (Å²) in [4.78, 5) is 43.6. The van der Waals surface area contributed by atoms with E-state index in [1.54, 1.807) is 38.6 Å². The molecule has 4 aromatic rings. The van der Waals surface area contributed by atoms with Gasteiger partial charge in [0, 0.05) is 33.8 Å². The van der Waals surface area contributed by atoms with Crippen LogP contribution in [-0.4, -0.2) is 67.3 Å². The lowest BCUT2D eigenvalue weighted by Gasteiger charge is -2.30. The van der Waals surface area contributed by atoms with Crippen molar-refractivity contribution >= 4 is 40.4 Å². The summed E-state index contributed by atoms with van der Waals surface area (Å²) in [6, 6.07) is 17.4. The zero-order chi connectivity index (χ0) is 40.3. The molecule has 1 aromatic heterocycles. The van der Waals surface area contributed by atoms with Gasteiger partial charge in [0.2, 0.25) is 11.5 Å². The Labute approximate surface area is 332 Å². The standard InChI is InChI=1S/C44H53N3O8S/c1-25-20-29(45-39(51)18-19-54-30-8-7-9-32(22-30)56-31-12-10-28(11-13-31)40-27(3)42(40)52)21-26(2)35(25)23-47(43(53)55-44(4,5)6)24-37(49)33-14-16-36(48)41-34(33)15-17-38(50)46-41/h7-10,12,14-17,20-22,27-28,31,37,40,42,48-49,52H,11,13,18-19,23-24H2,1-6H3,(H,45,51)(H,46,50)/t27?,28?,31?,37?,40?,42-/m1/s1. The van der Waals surface area contributed by atoms with Crippen LogP contribution in [0.15, 0.2) is 82.5 Å². The second-order valence-electron chi connectivity index (χ2n) is 16.1. The normalized spacial score (nSPS) is 21.0. The molecule has 0 radical (unpaired) electrons. The van der Waals surface area contributed by atoms with Crippen LogP contribution in [0.25, 0.3) is 10.9 Å². The van der Waals surface area contributed by atoms with Crippen molar-refractivity contribution in [2.75, 3.05) is 18.5 Å². The quantitative estimate of drug-likeness (QED) is 0.0853. The Kier molecular flexibility index (Phi) is 12.5. The lowest BCUT2D eigenvalue weighted by molar-refractivity contribution is -0.116. The van der Waals surface area contributed by atoms with Crippen LogP contribution in [-0.2, 0) is 16.1 Å². The number of carbonyl (C=O) groups excluding carboxylic acids is 2. The van der Waals surface area contributed by atoms with Gasteiger partial charge in [0.25, 0.3) is 0 Å². The molecule has 0 aliphatic heterocycles. The molecule has 1 saturated carbocycles. The Morgan fingerprint density at radius 1 is 1.04 bits per heavy atom. The fourth-order valence-electron chi connectivity index (χ4n) is 7.54. The Morgan fingerprint density at radius 2 is 1.77 bits per heavy atom. The van der Waals surface area contributed by atoms with Crippen LogP contribution in [0.1, 0.15) is 75.3 Å². The zero-order valence-electron chi connectivity index (χ0n) is 32.9. The fraction of sp³-hybridized carbons (Fsp3) is 0.432. The molecule has 12 heteroatoms. The SMILES string of the molecule is Cc1cc(NC(=O)CCOc2cccc(SC3C=CC(C4C(C)[C@H]4O)CC3)c2)cc(C)c1CN(CC(O)c1ccc(O)c2[nH]c(=O)ccc12)C(=O)OC(C)(C)C. The molecule has 298 valence electrons. The summed E-state index contributed by atoms with van der Waals surface area (Å²) in [5, 5.41) is 35.6. The van der Waals surface area contributed by atoms with Gasteiger partial charge in [-0.2, -0.15) is 0 Å². The highest BCUT2D eigenvalue weighted by atomic mass is 32.2. The summed E-state index contributed by atoms with van der Waals surface area (Å²) in [7, 11) is 0. The summed E-state index contributed by atoms with van der Waals surface area (Å²) in [6.07, 6.45) is 4.93. The Balaban J connectivity index is 1.05. The minimum absolute atomic E-state index is 0.122. The molecular formula is C44H53N3O8S.